The highest BCUT2D eigenvalue weighted by Crippen LogP contribution is 2.29. The number of Topliss-reactive ketones (excluding diaryl/α,β-unsaturated/α-hetero) is 1. The van der Waals surface area contributed by atoms with Gasteiger partial charge in [-0.05, 0) is 25.1 Å². The van der Waals surface area contributed by atoms with E-state index in [9.17, 15) is 19.3 Å². The molecule has 0 amide bonds. The highest BCUT2D eigenvalue weighted by molar-refractivity contribution is 7.14. The van der Waals surface area contributed by atoms with E-state index in [4.69, 9.17) is 4.74 Å². The van der Waals surface area contributed by atoms with Crippen LogP contribution in [0.3, 0.4) is 0 Å². The van der Waals surface area contributed by atoms with Crippen LogP contribution in [0.4, 0.5) is 10.1 Å². The molecule has 0 aliphatic carbocycles. The monoisotopic (exact) mass is 295 g/mol. The summed E-state index contributed by atoms with van der Waals surface area (Å²) in [7, 11) is 0. The Kier molecular flexibility index (Phi) is 4.09. The van der Waals surface area contributed by atoms with Gasteiger partial charge in [-0.15, -0.1) is 11.3 Å². The quantitative estimate of drug-likeness (QED) is 0.482. The van der Waals surface area contributed by atoms with E-state index in [2.05, 4.69) is 0 Å². The van der Waals surface area contributed by atoms with E-state index in [1.165, 1.54) is 17.4 Å². The first-order chi connectivity index (χ1) is 9.49. The Labute approximate surface area is 117 Å². The number of hydrogen-bond acceptors (Lipinski definition) is 5. The molecule has 2 aromatic rings. The van der Waals surface area contributed by atoms with Gasteiger partial charge in [-0.1, -0.05) is 6.07 Å². The number of nitrogens with zero attached hydrogens (tertiary/aromatic N) is 1. The zero-order chi connectivity index (χ0) is 14.7. The van der Waals surface area contributed by atoms with E-state index in [1.807, 2.05) is 6.92 Å². The fourth-order valence-corrected chi connectivity index (χ4v) is 2.37. The minimum atomic E-state index is -0.866. The van der Waals surface area contributed by atoms with Crippen molar-refractivity contribution in [1.82, 2.24) is 0 Å². The van der Waals surface area contributed by atoms with Gasteiger partial charge in [0.15, 0.2) is 12.4 Å². The molecule has 0 unspecified atom stereocenters. The van der Waals surface area contributed by atoms with Crippen molar-refractivity contribution in [2.75, 3.05) is 6.61 Å². The average molecular weight is 295 g/mol. The van der Waals surface area contributed by atoms with Gasteiger partial charge in [0.05, 0.1) is 9.80 Å². The second-order valence-corrected chi connectivity index (χ2v) is 5.26. The summed E-state index contributed by atoms with van der Waals surface area (Å²) in [5.74, 6) is -1.73. The van der Waals surface area contributed by atoms with Crippen molar-refractivity contribution in [3.05, 3.63) is 56.0 Å². The smallest absolute Gasteiger partial charge is 0.314 e. The molecule has 0 saturated heterocycles. The Hall–Kier alpha value is -2.28. The number of nitro benzene ring substituents is 1. The van der Waals surface area contributed by atoms with Crippen molar-refractivity contribution in [1.29, 1.82) is 0 Å². The van der Waals surface area contributed by atoms with Crippen LogP contribution in [0.2, 0.25) is 0 Å². The number of benzene rings is 1. The number of nitro groups is 1. The SMILES string of the molecule is Cc1ccc(C(=O)COc2c(F)cccc2[N+](=O)[O-])s1. The third kappa shape index (κ3) is 3.00. The summed E-state index contributed by atoms with van der Waals surface area (Å²) in [6, 6.07) is 6.80. The highest BCUT2D eigenvalue weighted by Gasteiger charge is 2.20. The number of aryl methyl sites for hydroxylation is 1. The molecular formula is C13H10FNO4S. The molecule has 0 spiro atoms. The number of ether oxygens (including phenoxy) is 1. The third-order valence-electron chi connectivity index (χ3n) is 2.51. The van der Waals surface area contributed by atoms with Gasteiger partial charge in [0.2, 0.25) is 11.5 Å². The van der Waals surface area contributed by atoms with Crippen LogP contribution in [0, 0.1) is 22.9 Å². The maximum atomic E-state index is 13.5. The first-order valence-corrected chi connectivity index (χ1v) is 6.46. The van der Waals surface area contributed by atoms with Gasteiger partial charge in [0, 0.05) is 10.9 Å². The summed E-state index contributed by atoms with van der Waals surface area (Å²) >= 11 is 1.29. The number of para-hydroxylation sites is 1. The Morgan fingerprint density at radius 3 is 2.75 bits per heavy atom. The Morgan fingerprint density at radius 1 is 1.40 bits per heavy atom. The molecule has 7 heteroatoms. The number of ketones is 1. The Bertz CT molecular complexity index is 668. The van der Waals surface area contributed by atoms with Crippen molar-refractivity contribution >= 4 is 22.8 Å². The summed E-state index contributed by atoms with van der Waals surface area (Å²) in [5, 5.41) is 10.8. The van der Waals surface area contributed by atoms with Gasteiger partial charge in [-0.2, -0.15) is 0 Å². The van der Waals surface area contributed by atoms with Gasteiger partial charge in [-0.3, -0.25) is 14.9 Å². The van der Waals surface area contributed by atoms with Crippen molar-refractivity contribution in [2.45, 2.75) is 6.92 Å². The second kappa shape index (κ2) is 5.79. The Balaban J connectivity index is 2.15. The molecule has 0 aliphatic heterocycles. The lowest BCUT2D eigenvalue weighted by molar-refractivity contribution is -0.386. The lowest BCUT2D eigenvalue weighted by atomic mass is 10.3. The molecule has 0 aliphatic rings. The van der Waals surface area contributed by atoms with E-state index in [0.29, 0.717) is 4.88 Å². The predicted molar refractivity (Wildman–Crippen MR) is 71.9 cm³/mol. The molecular weight excluding hydrogens is 285 g/mol. The summed E-state index contributed by atoms with van der Waals surface area (Å²) in [5.41, 5.74) is -0.500. The standard InChI is InChI=1S/C13H10FNO4S/c1-8-5-6-12(20-8)11(16)7-19-13-9(14)3-2-4-10(13)15(17)18/h2-6H,7H2,1H3. The number of hydrogen-bond donors (Lipinski definition) is 0. The molecule has 2 rings (SSSR count). The molecule has 5 nitrogen and oxygen atoms in total. The van der Waals surface area contributed by atoms with E-state index < -0.39 is 28.8 Å². The van der Waals surface area contributed by atoms with Crippen LogP contribution in [0.15, 0.2) is 30.3 Å². The average Bonchev–Trinajstić information content (AvgIpc) is 2.83. The van der Waals surface area contributed by atoms with Crippen LogP contribution < -0.4 is 4.74 Å². The molecule has 20 heavy (non-hydrogen) atoms. The van der Waals surface area contributed by atoms with Gasteiger partial charge in [0.25, 0.3) is 0 Å². The largest absolute Gasteiger partial charge is 0.476 e. The maximum Gasteiger partial charge on any atom is 0.314 e. The van der Waals surface area contributed by atoms with Crippen LogP contribution in [0.1, 0.15) is 14.5 Å². The molecule has 104 valence electrons. The van der Waals surface area contributed by atoms with Gasteiger partial charge < -0.3 is 4.74 Å². The number of halogens is 1. The summed E-state index contributed by atoms with van der Waals surface area (Å²) in [6.45, 7) is 1.41. The van der Waals surface area contributed by atoms with E-state index in [-0.39, 0.29) is 5.78 Å². The van der Waals surface area contributed by atoms with Gasteiger partial charge in [-0.25, -0.2) is 4.39 Å². The van der Waals surface area contributed by atoms with Crippen LogP contribution in [-0.2, 0) is 0 Å². The van der Waals surface area contributed by atoms with Gasteiger partial charge in [0.1, 0.15) is 0 Å². The zero-order valence-electron chi connectivity index (χ0n) is 10.5. The number of rotatable bonds is 5. The predicted octanol–water partition coefficient (Wildman–Crippen LogP) is 3.37. The van der Waals surface area contributed by atoms with Crippen LogP contribution in [0.5, 0.6) is 5.75 Å². The fourth-order valence-electron chi connectivity index (χ4n) is 1.58. The molecule has 0 radical (unpaired) electrons. The van der Waals surface area contributed by atoms with Crippen LogP contribution in [0.25, 0.3) is 0 Å². The fraction of sp³-hybridized carbons (Fsp3) is 0.154. The van der Waals surface area contributed by atoms with Crippen molar-refractivity contribution < 1.29 is 18.8 Å². The number of thiophene rings is 1. The second-order valence-electron chi connectivity index (χ2n) is 3.97. The minimum Gasteiger partial charge on any atom is -0.476 e. The number of carbonyl (C=O) groups excluding carboxylic acids is 1. The number of carbonyl (C=O) groups is 1. The highest BCUT2D eigenvalue weighted by atomic mass is 32.1. The molecule has 0 N–H and O–H groups in total. The normalized spacial score (nSPS) is 10.3. The van der Waals surface area contributed by atoms with Crippen molar-refractivity contribution in [3.8, 4) is 5.75 Å². The van der Waals surface area contributed by atoms with E-state index >= 15 is 0 Å². The summed E-state index contributed by atoms with van der Waals surface area (Å²) in [4.78, 5) is 23.3. The lowest BCUT2D eigenvalue weighted by Gasteiger charge is -2.06. The summed E-state index contributed by atoms with van der Waals surface area (Å²) < 4.78 is 18.5. The molecule has 1 heterocycles. The first-order valence-electron chi connectivity index (χ1n) is 5.64. The molecule has 0 saturated carbocycles. The lowest BCUT2D eigenvalue weighted by Crippen LogP contribution is -2.12. The van der Waals surface area contributed by atoms with Crippen LogP contribution >= 0.6 is 11.3 Å². The van der Waals surface area contributed by atoms with E-state index in [1.54, 1.807) is 12.1 Å². The maximum absolute atomic E-state index is 13.5. The van der Waals surface area contributed by atoms with Crippen molar-refractivity contribution in [2.24, 2.45) is 0 Å². The van der Waals surface area contributed by atoms with Crippen LogP contribution in [-0.4, -0.2) is 17.3 Å². The summed E-state index contributed by atoms with van der Waals surface area (Å²) in [6.07, 6.45) is 0. The topological polar surface area (TPSA) is 69.4 Å². The zero-order valence-corrected chi connectivity index (χ0v) is 11.3. The third-order valence-corrected chi connectivity index (χ3v) is 3.55. The Morgan fingerprint density at radius 2 is 2.15 bits per heavy atom. The van der Waals surface area contributed by atoms with E-state index in [0.717, 1.165) is 17.0 Å². The first kappa shape index (κ1) is 14.1. The van der Waals surface area contributed by atoms with Gasteiger partial charge >= 0.3 is 5.69 Å². The molecule has 1 aromatic heterocycles. The van der Waals surface area contributed by atoms with Crippen molar-refractivity contribution in [3.63, 3.8) is 0 Å². The molecule has 0 atom stereocenters. The molecule has 0 fully saturated rings. The minimum absolute atomic E-state index is 0.347. The molecule has 0 bridgehead atoms. The molecule has 1 aromatic carbocycles.